The monoisotopic (exact) mass is 515 g/mol. The summed E-state index contributed by atoms with van der Waals surface area (Å²) in [6.45, 7) is 10.6. The number of aliphatic imine (C=N–C) groups is 1. The Morgan fingerprint density at radius 2 is 2.00 bits per heavy atom. The smallest absolute Gasteiger partial charge is 0.413 e. The van der Waals surface area contributed by atoms with E-state index in [-0.39, 0.29) is 20.5 Å². The first-order chi connectivity index (χ1) is 14.3. The van der Waals surface area contributed by atoms with Crippen LogP contribution in [0.2, 0.25) is 0 Å². The number of amides is 1. The molecule has 31 heavy (non-hydrogen) atoms. The average molecular weight is 516 g/mol. The zero-order valence-electron chi connectivity index (χ0n) is 18.1. The van der Waals surface area contributed by atoms with Gasteiger partial charge in [-0.3, -0.25) is 10.3 Å². The lowest BCUT2D eigenvalue weighted by atomic mass is 9.85. The van der Waals surface area contributed by atoms with Crippen molar-refractivity contribution in [2.24, 2.45) is 4.99 Å². The van der Waals surface area contributed by atoms with Crippen LogP contribution in [0, 0.1) is 25.5 Å². The molecule has 1 N–H and O–H groups in total. The fourth-order valence-corrected chi connectivity index (χ4v) is 5.37. The van der Waals surface area contributed by atoms with Crippen LogP contribution in [0.5, 0.6) is 0 Å². The van der Waals surface area contributed by atoms with E-state index in [2.05, 4.69) is 31.4 Å². The van der Waals surface area contributed by atoms with Gasteiger partial charge in [0.2, 0.25) is 0 Å². The molecule has 2 heterocycles. The quantitative estimate of drug-likeness (QED) is 0.474. The van der Waals surface area contributed by atoms with Crippen molar-refractivity contribution in [3.8, 4) is 0 Å². The number of thioether (sulfide) groups is 1. The van der Waals surface area contributed by atoms with Gasteiger partial charge < -0.3 is 9.26 Å². The molecule has 0 radical (unpaired) electrons. The minimum absolute atomic E-state index is 0.133. The lowest BCUT2D eigenvalue weighted by Crippen LogP contribution is -2.39. The van der Waals surface area contributed by atoms with Crippen LogP contribution in [0.1, 0.15) is 61.9 Å². The number of aryl methyl sites for hydroxylation is 2. The minimum atomic E-state index is -1.09. The van der Waals surface area contributed by atoms with Crippen molar-refractivity contribution in [1.29, 1.82) is 0 Å². The molecule has 2 aromatic rings. The molecule has 6 nitrogen and oxygen atoms in total. The van der Waals surface area contributed by atoms with Crippen molar-refractivity contribution in [2.45, 2.75) is 64.4 Å². The van der Waals surface area contributed by atoms with Crippen molar-refractivity contribution < 1.29 is 22.8 Å². The number of halogens is 3. The van der Waals surface area contributed by atoms with E-state index in [0.717, 1.165) is 11.6 Å². The first-order valence-electron chi connectivity index (χ1n) is 9.63. The van der Waals surface area contributed by atoms with Crippen LogP contribution in [0.15, 0.2) is 26.1 Å². The van der Waals surface area contributed by atoms with Crippen molar-refractivity contribution in [3.05, 3.63) is 50.8 Å². The Morgan fingerprint density at radius 1 is 1.32 bits per heavy atom. The molecular weight excluding hydrogens is 492 g/mol. The summed E-state index contributed by atoms with van der Waals surface area (Å²) in [5.74, 6) is -0.780. The SMILES string of the molecule is Cc1noc(C)c1[C@@H]1C[C@@](C)(c2cc(Br)c(F)cc2F)N=C(NC(=O)OC(C)(C)C)S1. The number of carbonyl (C=O) groups excluding carboxylic acids is 1. The van der Waals surface area contributed by atoms with Crippen LogP contribution in [-0.4, -0.2) is 22.0 Å². The Balaban J connectivity index is 2.06. The van der Waals surface area contributed by atoms with E-state index in [9.17, 15) is 13.6 Å². The Bertz CT molecular complexity index is 1030. The zero-order valence-corrected chi connectivity index (χ0v) is 20.5. The molecule has 1 aromatic heterocycles. The highest BCUT2D eigenvalue weighted by Gasteiger charge is 2.41. The van der Waals surface area contributed by atoms with Gasteiger partial charge in [-0.05, 0) is 70.0 Å². The number of alkyl carbamates (subject to hydrolysis) is 1. The maximum atomic E-state index is 14.8. The van der Waals surface area contributed by atoms with Gasteiger partial charge in [-0.15, -0.1) is 0 Å². The van der Waals surface area contributed by atoms with Crippen molar-refractivity contribution in [1.82, 2.24) is 10.5 Å². The summed E-state index contributed by atoms with van der Waals surface area (Å²) < 4.78 is 39.5. The number of nitrogens with zero attached hydrogens (tertiary/aromatic N) is 2. The van der Waals surface area contributed by atoms with E-state index >= 15 is 0 Å². The van der Waals surface area contributed by atoms with Gasteiger partial charge in [0.05, 0.1) is 15.7 Å². The zero-order chi connectivity index (χ0) is 23.1. The van der Waals surface area contributed by atoms with E-state index < -0.39 is 28.9 Å². The van der Waals surface area contributed by atoms with Gasteiger partial charge in [0.15, 0.2) is 5.17 Å². The van der Waals surface area contributed by atoms with Crippen molar-refractivity contribution in [3.63, 3.8) is 0 Å². The van der Waals surface area contributed by atoms with Gasteiger partial charge >= 0.3 is 6.09 Å². The Morgan fingerprint density at radius 3 is 2.58 bits per heavy atom. The normalized spacial score (nSPS) is 21.6. The highest BCUT2D eigenvalue weighted by atomic mass is 79.9. The van der Waals surface area contributed by atoms with Crippen LogP contribution in [0.25, 0.3) is 0 Å². The number of rotatable bonds is 2. The average Bonchev–Trinajstić information content (AvgIpc) is 2.94. The molecule has 1 aliphatic heterocycles. The fourth-order valence-electron chi connectivity index (χ4n) is 3.50. The highest BCUT2D eigenvalue weighted by molar-refractivity contribution is 9.10. The van der Waals surface area contributed by atoms with Crippen LogP contribution in [0.3, 0.4) is 0 Å². The van der Waals surface area contributed by atoms with Crippen LogP contribution in [0.4, 0.5) is 13.6 Å². The Labute approximate surface area is 192 Å². The number of hydrogen-bond acceptors (Lipinski definition) is 6. The van der Waals surface area contributed by atoms with Gasteiger partial charge in [0.25, 0.3) is 0 Å². The molecule has 3 rings (SSSR count). The van der Waals surface area contributed by atoms with Crippen LogP contribution >= 0.6 is 27.7 Å². The number of amidine groups is 1. The summed E-state index contributed by atoms with van der Waals surface area (Å²) >= 11 is 4.44. The maximum absolute atomic E-state index is 14.8. The van der Waals surface area contributed by atoms with Crippen molar-refractivity contribution >= 4 is 39.0 Å². The van der Waals surface area contributed by atoms with Gasteiger partial charge in [-0.25, -0.2) is 13.6 Å². The summed E-state index contributed by atoms with van der Waals surface area (Å²) in [7, 11) is 0. The molecule has 168 valence electrons. The standard InChI is InChI=1S/C21H24BrF2N3O3S/c1-10-17(11(2)30-27-10)16-9-21(6,12-7-13(22)15(24)8-14(12)23)26-18(31-16)25-19(28)29-20(3,4)5/h7-8,16H,9H2,1-6H3,(H,25,26,28)/t16-,21-/m0/s1. The second-order valence-electron chi connectivity index (χ2n) is 8.61. The molecule has 0 aliphatic carbocycles. The number of carbonyl (C=O) groups is 1. The third kappa shape index (κ3) is 5.28. The molecule has 1 aliphatic rings. The van der Waals surface area contributed by atoms with Crippen LogP contribution in [-0.2, 0) is 10.3 Å². The van der Waals surface area contributed by atoms with E-state index in [1.807, 2.05) is 6.92 Å². The lowest BCUT2D eigenvalue weighted by molar-refractivity contribution is 0.0564. The highest BCUT2D eigenvalue weighted by Crippen LogP contribution is 2.49. The van der Waals surface area contributed by atoms with Gasteiger partial charge in [-0.2, -0.15) is 0 Å². The number of ether oxygens (including phenoxy) is 1. The molecule has 1 aromatic carbocycles. The predicted octanol–water partition coefficient (Wildman–Crippen LogP) is 6.31. The van der Waals surface area contributed by atoms with E-state index in [1.165, 1.54) is 17.8 Å². The summed E-state index contributed by atoms with van der Waals surface area (Å²) in [5, 5.41) is 6.72. The van der Waals surface area contributed by atoms with Crippen molar-refractivity contribution in [2.75, 3.05) is 0 Å². The van der Waals surface area contributed by atoms with E-state index in [0.29, 0.717) is 17.9 Å². The topological polar surface area (TPSA) is 76.7 Å². The molecule has 1 amide bonds. The summed E-state index contributed by atoms with van der Waals surface area (Å²) in [4.78, 5) is 17.0. The number of hydrogen-bond donors (Lipinski definition) is 1. The molecule has 0 spiro atoms. The summed E-state index contributed by atoms with van der Waals surface area (Å²) in [5.41, 5.74) is -0.00643. The summed E-state index contributed by atoms with van der Waals surface area (Å²) in [6.07, 6.45) is -0.282. The summed E-state index contributed by atoms with van der Waals surface area (Å²) in [6, 6.07) is 2.22. The molecule has 0 fully saturated rings. The van der Waals surface area contributed by atoms with Gasteiger partial charge in [0.1, 0.15) is 23.0 Å². The molecule has 2 atom stereocenters. The van der Waals surface area contributed by atoms with Gasteiger partial charge in [0, 0.05) is 22.4 Å². The minimum Gasteiger partial charge on any atom is -0.444 e. The Hall–Kier alpha value is -1.94. The fraction of sp³-hybridized carbons (Fsp3) is 0.476. The molecule has 10 heteroatoms. The Kier molecular flexibility index (Phi) is 6.53. The van der Waals surface area contributed by atoms with E-state index in [1.54, 1.807) is 34.6 Å². The first-order valence-corrected chi connectivity index (χ1v) is 11.3. The molecule has 0 saturated heterocycles. The lowest BCUT2D eigenvalue weighted by Gasteiger charge is -2.36. The molecule has 0 unspecified atom stereocenters. The number of nitrogens with one attached hydrogen (secondary N) is 1. The second-order valence-corrected chi connectivity index (χ2v) is 10.7. The van der Waals surface area contributed by atoms with E-state index in [4.69, 9.17) is 9.26 Å². The second kappa shape index (κ2) is 8.54. The predicted molar refractivity (Wildman–Crippen MR) is 119 cm³/mol. The number of benzene rings is 1. The first kappa shape index (κ1) is 23.7. The number of aromatic nitrogens is 1. The molecular formula is C21H24BrF2N3O3S. The third-order valence-electron chi connectivity index (χ3n) is 4.79. The molecule has 0 bridgehead atoms. The van der Waals surface area contributed by atoms with Gasteiger partial charge in [-0.1, -0.05) is 16.9 Å². The third-order valence-corrected chi connectivity index (χ3v) is 6.50. The molecule has 0 saturated carbocycles. The maximum Gasteiger partial charge on any atom is 0.413 e. The van der Waals surface area contributed by atoms with Crippen LogP contribution < -0.4 is 5.32 Å². The largest absolute Gasteiger partial charge is 0.444 e.